The second-order valence-corrected chi connectivity index (χ2v) is 10.2. The van der Waals surface area contributed by atoms with Crippen molar-refractivity contribution in [3.63, 3.8) is 0 Å². The predicted octanol–water partition coefficient (Wildman–Crippen LogP) is 6.59. The number of nitrogens with one attached hydrogen (secondary N) is 1. The molecule has 37 heavy (non-hydrogen) atoms. The summed E-state index contributed by atoms with van der Waals surface area (Å²) in [5, 5.41) is 4.17. The van der Waals surface area contributed by atoms with Crippen molar-refractivity contribution in [2.45, 2.75) is 84.3 Å². The second-order valence-electron chi connectivity index (χ2n) is 9.32. The van der Waals surface area contributed by atoms with Gasteiger partial charge in [-0.1, -0.05) is 55.1 Å². The fourth-order valence-corrected chi connectivity index (χ4v) is 5.23. The number of hydrogen-bond acceptors (Lipinski definition) is 4. The van der Waals surface area contributed by atoms with Crippen LogP contribution in [0.1, 0.15) is 70.4 Å². The monoisotopic (exact) mass is 548 g/mol. The molecule has 1 N–H and O–H groups in total. The molecule has 8 heteroatoms. The third-order valence-corrected chi connectivity index (χ3v) is 7.27. The van der Waals surface area contributed by atoms with Crippen LogP contribution < -0.4 is 14.8 Å². The maximum atomic E-state index is 13.6. The summed E-state index contributed by atoms with van der Waals surface area (Å²) in [6, 6.07) is 10.6. The van der Waals surface area contributed by atoms with Crippen molar-refractivity contribution in [1.82, 2.24) is 10.2 Å². The van der Waals surface area contributed by atoms with Crippen LogP contribution in [0.3, 0.4) is 0 Å². The highest BCUT2D eigenvalue weighted by Gasteiger charge is 2.31. The molecular formula is C29H38Cl2N2O4. The first-order valence-corrected chi connectivity index (χ1v) is 14.0. The van der Waals surface area contributed by atoms with E-state index < -0.39 is 6.04 Å². The van der Waals surface area contributed by atoms with Gasteiger partial charge < -0.3 is 19.7 Å². The summed E-state index contributed by atoms with van der Waals surface area (Å²) in [5.74, 6) is 1.15. The van der Waals surface area contributed by atoms with Crippen molar-refractivity contribution in [3.05, 3.63) is 57.6 Å². The molecule has 0 unspecified atom stereocenters. The Balaban J connectivity index is 1.79. The highest BCUT2D eigenvalue weighted by molar-refractivity contribution is 6.35. The molecule has 0 aromatic heterocycles. The van der Waals surface area contributed by atoms with Crippen molar-refractivity contribution >= 4 is 35.0 Å². The maximum absolute atomic E-state index is 13.6. The van der Waals surface area contributed by atoms with Crippen LogP contribution in [0.25, 0.3) is 0 Å². The molecule has 1 fully saturated rings. The number of aryl methyl sites for hydroxylation is 1. The van der Waals surface area contributed by atoms with Crippen molar-refractivity contribution in [2.24, 2.45) is 0 Å². The average Bonchev–Trinajstić information content (AvgIpc) is 3.38. The molecule has 2 aromatic carbocycles. The summed E-state index contributed by atoms with van der Waals surface area (Å²) in [4.78, 5) is 28.6. The minimum Gasteiger partial charge on any atom is -0.490 e. The molecule has 2 amide bonds. The molecule has 1 atom stereocenters. The third kappa shape index (κ3) is 8.27. The van der Waals surface area contributed by atoms with E-state index in [0.717, 1.165) is 36.8 Å². The highest BCUT2D eigenvalue weighted by Crippen LogP contribution is 2.30. The lowest BCUT2D eigenvalue weighted by Gasteiger charge is -2.32. The molecule has 0 bridgehead atoms. The third-order valence-electron chi connectivity index (χ3n) is 6.68. The Morgan fingerprint density at radius 2 is 1.70 bits per heavy atom. The summed E-state index contributed by atoms with van der Waals surface area (Å²) in [7, 11) is 0. The van der Waals surface area contributed by atoms with Crippen LogP contribution in [0, 0.1) is 0 Å². The van der Waals surface area contributed by atoms with Gasteiger partial charge in [-0.15, -0.1) is 0 Å². The van der Waals surface area contributed by atoms with Gasteiger partial charge in [0, 0.05) is 29.1 Å². The Labute approximate surface area is 230 Å². The van der Waals surface area contributed by atoms with Gasteiger partial charge in [-0.3, -0.25) is 9.59 Å². The maximum Gasteiger partial charge on any atom is 0.243 e. The van der Waals surface area contributed by atoms with E-state index in [1.807, 2.05) is 45.0 Å². The van der Waals surface area contributed by atoms with Crippen LogP contribution in [0.5, 0.6) is 11.5 Å². The predicted molar refractivity (Wildman–Crippen MR) is 149 cm³/mol. The molecule has 3 rings (SSSR count). The Bertz CT molecular complexity index is 1060. The number of amides is 2. The van der Waals surface area contributed by atoms with Crippen LogP contribution in [0.2, 0.25) is 10.0 Å². The summed E-state index contributed by atoms with van der Waals surface area (Å²) in [6.07, 6.45) is 5.48. The highest BCUT2D eigenvalue weighted by atomic mass is 35.5. The topological polar surface area (TPSA) is 67.9 Å². The summed E-state index contributed by atoms with van der Waals surface area (Å²) >= 11 is 12.5. The fourth-order valence-electron chi connectivity index (χ4n) is 4.77. The average molecular weight is 550 g/mol. The Morgan fingerprint density at radius 3 is 2.35 bits per heavy atom. The van der Waals surface area contributed by atoms with Gasteiger partial charge in [0.25, 0.3) is 0 Å². The van der Waals surface area contributed by atoms with Gasteiger partial charge in [0.2, 0.25) is 11.8 Å². The van der Waals surface area contributed by atoms with Gasteiger partial charge in [-0.25, -0.2) is 0 Å². The van der Waals surface area contributed by atoms with Gasteiger partial charge >= 0.3 is 0 Å². The first kappa shape index (κ1) is 29.1. The molecule has 1 aliphatic rings. The molecule has 0 radical (unpaired) electrons. The number of halogens is 2. The first-order chi connectivity index (χ1) is 17.9. The molecule has 0 spiro atoms. The number of rotatable bonds is 13. The number of nitrogens with zero attached hydrogens (tertiary/aromatic N) is 1. The quantitative estimate of drug-likeness (QED) is 0.306. The molecule has 0 aliphatic heterocycles. The molecule has 2 aromatic rings. The zero-order valence-corrected chi connectivity index (χ0v) is 23.5. The van der Waals surface area contributed by atoms with Crippen LogP contribution in [-0.4, -0.2) is 42.0 Å². The lowest BCUT2D eigenvalue weighted by molar-refractivity contribution is -0.141. The van der Waals surface area contributed by atoms with E-state index in [1.54, 1.807) is 17.0 Å². The van der Waals surface area contributed by atoms with Crippen LogP contribution >= 0.6 is 23.2 Å². The fraction of sp³-hybridized carbons (Fsp3) is 0.517. The number of benzene rings is 2. The van der Waals surface area contributed by atoms with E-state index in [9.17, 15) is 9.59 Å². The summed E-state index contributed by atoms with van der Waals surface area (Å²) in [5.41, 5.74) is 1.72. The van der Waals surface area contributed by atoms with Gasteiger partial charge in [0.15, 0.2) is 11.5 Å². The standard InChI is InChI=1S/C29H38Cl2N2O4/c1-4-25(29(35)32-23-9-7-8-10-23)33(19-21-13-14-22(30)18-24(21)31)28(34)16-12-20-11-15-26(36-5-2)27(17-20)37-6-3/h11,13-15,17-18,23,25H,4-10,12,16,19H2,1-3H3,(H,32,35)/t25-/m1/s1. The van der Waals surface area contributed by atoms with Gasteiger partial charge in [-0.2, -0.15) is 0 Å². The molecule has 0 heterocycles. The van der Waals surface area contributed by atoms with Crippen molar-refractivity contribution in [1.29, 1.82) is 0 Å². The van der Waals surface area contributed by atoms with Gasteiger partial charge in [0.05, 0.1) is 13.2 Å². The minimum atomic E-state index is -0.584. The Morgan fingerprint density at radius 1 is 1.00 bits per heavy atom. The van der Waals surface area contributed by atoms with Crippen LogP contribution in [0.15, 0.2) is 36.4 Å². The number of hydrogen-bond donors (Lipinski definition) is 1. The van der Waals surface area contributed by atoms with E-state index in [-0.39, 0.29) is 30.8 Å². The normalized spacial score (nSPS) is 14.3. The van der Waals surface area contributed by atoms with E-state index in [2.05, 4.69) is 5.32 Å². The summed E-state index contributed by atoms with van der Waals surface area (Å²) in [6.45, 7) is 7.08. The molecule has 6 nitrogen and oxygen atoms in total. The largest absolute Gasteiger partial charge is 0.490 e. The molecular weight excluding hydrogens is 511 g/mol. The lowest BCUT2D eigenvalue weighted by atomic mass is 10.0. The Kier molecular flexibility index (Phi) is 11.4. The van der Waals surface area contributed by atoms with Crippen molar-refractivity contribution in [3.8, 4) is 11.5 Å². The van der Waals surface area contributed by atoms with Crippen molar-refractivity contribution in [2.75, 3.05) is 13.2 Å². The Hall–Kier alpha value is -2.44. The number of ether oxygens (including phenoxy) is 2. The zero-order chi connectivity index (χ0) is 26.8. The van der Waals surface area contributed by atoms with E-state index in [0.29, 0.717) is 47.6 Å². The minimum absolute atomic E-state index is 0.104. The first-order valence-electron chi connectivity index (χ1n) is 13.3. The SMILES string of the molecule is CCOc1ccc(CCC(=O)N(Cc2ccc(Cl)cc2Cl)[C@H](CC)C(=O)NC2CCCC2)cc1OCC. The molecule has 202 valence electrons. The van der Waals surface area contributed by atoms with Crippen LogP contribution in [-0.2, 0) is 22.6 Å². The number of carbonyl (C=O) groups is 2. The van der Waals surface area contributed by atoms with E-state index >= 15 is 0 Å². The molecule has 0 saturated heterocycles. The zero-order valence-electron chi connectivity index (χ0n) is 22.0. The summed E-state index contributed by atoms with van der Waals surface area (Å²) < 4.78 is 11.4. The smallest absolute Gasteiger partial charge is 0.243 e. The molecule has 1 saturated carbocycles. The lowest BCUT2D eigenvalue weighted by Crippen LogP contribution is -2.51. The van der Waals surface area contributed by atoms with E-state index in [1.165, 1.54) is 0 Å². The van der Waals surface area contributed by atoms with Gasteiger partial charge in [-0.05, 0) is 74.9 Å². The van der Waals surface area contributed by atoms with E-state index in [4.69, 9.17) is 32.7 Å². The second kappa shape index (κ2) is 14.5. The molecule has 1 aliphatic carbocycles. The van der Waals surface area contributed by atoms with Crippen LogP contribution in [0.4, 0.5) is 0 Å². The van der Waals surface area contributed by atoms with Gasteiger partial charge in [0.1, 0.15) is 6.04 Å². The van der Waals surface area contributed by atoms with Crippen molar-refractivity contribution < 1.29 is 19.1 Å². The number of carbonyl (C=O) groups excluding carboxylic acids is 2.